The van der Waals surface area contributed by atoms with Crippen molar-refractivity contribution < 1.29 is 34.2 Å². The molecule has 0 aliphatic heterocycles. The summed E-state index contributed by atoms with van der Waals surface area (Å²) in [5.41, 5.74) is 6.17. The Hall–Kier alpha value is -3.48. The highest BCUT2D eigenvalue weighted by molar-refractivity contribution is 5.94. The summed E-state index contributed by atoms with van der Waals surface area (Å²) in [5.74, 6) is -4.77. The number of amides is 3. The first-order valence-electron chi connectivity index (χ1n) is 10.5. The number of aromatic nitrogens is 2. The van der Waals surface area contributed by atoms with Gasteiger partial charge < -0.3 is 36.9 Å². The van der Waals surface area contributed by atoms with Crippen molar-refractivity contribution in [1.82, 2.24) is 25.9 Å². The minimum atomic E-state index is -1.19. The molecule has 5 unspecified atom stereocenters. The maximum Gasteiger partial charge on any atom is 0.326 e. The van der Waals surface area contributed by atoms with Crippen LogP contribution in [-0.2, 0) is 30.4 Å². The number of imidazole rings is 1. The molecule has 0 saturated heterocycles. The Morgan fingerprint density at radius 1 is 1.06 bits per heavy atom. The highest BCUT2D eigenvalue weighted by atomic mass is 16.4. The van der Waals surface area contributed by atoms with Gasteiger partial charge in [-0.05, 0) is 19.3 Å². The lowest BCUT2D eigenvalue weighted by molar-refractivity contribution is -0.144. The average molecular weight is 469 g/mol. The van der Waals surface area contributed by atoms with Crippen molar-refractivity contribution in [3.05, 3.63) is 18.2 Å². The number of aliphatic carboxylic acids is 2. The number of carbonyl (C=O) groups is 5. The lowest BCUT2D eigenvalue weighted by Gasteiger charge is -2.25. The molecule has 0 radical (unpaired) electrons. The van der Waals surface area contributed by atoms with Gasteiger partial charge in [-0.2, -0.15) is 0 Å². The quantitative estimate of drug-likeness (QED) is 0.173. The molecular formula is C20H32N6O7. The van der Waals surface area contributed by atoms with E-state index >= 15 is 0 Å². The van der Waals surface area contributed by atoms with Crippen molar-refractivity contribution in [3.8, 4) is 0 Å². The second-order valence-corrected chi connectivity index (χ2v) is 7.82. The summed E-state index contributed by atoms with van der Waals surface area (Å²) in [5, 5.41) is 25.5. The van der Waals surface area contributed by atoms with Crippen LogP contribution in [0.25, 0.3) is 0 Å². The predicted molar refractivity (Wildman–Crippen MR) is 116 cm³/mol. The Bertz CT molecular complexity index is 829. The number of rotatable bonds is 14. The fraction of sp³-hybridized carbons (Fsp3) is 0.600. The zero-order valence-corrected chi connectivity index (χ0v) is 18.8. The number of carboxylic acid groups (broad SMARTS) is 2. The van der Waals surface area contributed by atoms with Crippen LogP contribution in [-0.4, -0.2) is 74.0 Å². The zero-order chi connectivity index (χ0) is 25.1. The number of H-pyrrole nitrogens is 1. The predicted octanol–water partition coefficient (Wildman–Crippen LogP) is -1.25. The van der Waals surface area contributed by atoms with Gasteiger partial charge in [0, 0.05) is 24.7 Å². The van der Waals surface area contributed by atoms with Crippen LogP contribution in [0, 0.1) is 5.92 Å². The van der Waals surface area contributed by atoms with Crippen LogP contribution in [0.15, 0.2) is 12.5 Å². The van der Waals surface area contributed by atoms with Gasteiger partial charge in [0.25, 0.3) is 0 Å². The Balaban J connectivity index is 2.86. The summed E-state index contributed by atoms with van der Waals surface area (Å²) in [6.45, 7) is 4.86. The molecule has 0 aromatic carbocycles. The average Bonchev–Trinajstić information content (AvgIpc) is 3.27. The van der Waals surface area contributed by atoms with Crippen LogP contribution in [0.5, 0.6) is 0 Å². The highest BCUT2D eigenvalue weighted by Crippen LogP contribution is 2.09. The highest BCUT2D eigenvalue weighted by Gasteiger charge is 2.31. The number of hydrogen-bond acceptors (Lipinski definition) is 7. The van der Waals surface area contributed by atoms with Crippen molar-refractivity contribution in [2.24, 2.45) is 11.7 Å². The lowest BCUT2D eigenvalue weighted by Crippen LogP contribution is -2.57. The molecular weight excluding hydrogens is 436 g/mol. The SMILES string of the molecule is CCC(C)C(NC(=O)C(Cc1cnc[nH]1)NC(=O)C(C)NC(=O)C(N)CCC(=O)O)C(=O)O. The molecule has 1 aromatic heterocycles. The first-order valence-corrected chi connectivity index (χ1v) is 10.5. The van der Waals surface area contributed by atoms with Crippen molar-refractivity contribution in [2.45, 2.75) is 70.6 Å². The van der Waals surface area contributed by atoms with Crippen LogP contribution in [0.1, 0.15) is 45.7 Å². The van der Waals surface area contributed by atoms with Gasteiger partial charge in [-0.3, -0.25) is 19.2 Å². The minimum Gasteiger partial charge on any atom is -0.481 e. The summed E-state index contributed by atoms with van der Waals surface area (Å²) in [6.07, 6.45) is 2.97. The Kier molecular flexibility index (Phi) is 11.0. The third-order valence-electron chi connectivity index (χ3n) is 5.15. The molecule has 5 atom stereocenters. The van der Waals surface area contributed by atoms with Crippen molar-refractivity contribution in [3.63, 3.8) is 0 Å². The Morgan fingerprint density at radius 2 is 1.73 bits per heavy atom. The smallest absolute Gasteiger partial charge is 0.326 e. The fourth-order valence-electron chi connectivity index (χ4n) is 2.86. The van der Waals surface area contributed by atoms with E-state index in [4.69, 9.17) is 10.8 Å². The van der Waals surface area contributed by atoms with Crippen molar-refractivity contribution in [1.29, 1.82) is 0 Å². The molecule has 3 amide bonds. The van der Waals surface area contributed by atoms with Gasteiger partial charge in [-0.1, -0.05) is 20.3 Å². The van der Waals surface area contributed by atoms with Crippen molar-refractivity contribution >= 4 is 29.7 Å². The molecule has 1 aromatic rings. The molecule has 0 aliphatic carbocycles. The molecule has 0 aliphatic rings. The summed E-state index contributed by atoms with van der Waals surface area (Å²) >= 11 is 0. The first-order chi connectivity index (χ1) is 15.5. The number of nitrogens with zero attached hydrogens (tertiary/aromatic N) is 1. The molecule has 0 fully saturated rings. The number of carboxylic acids is 2. The molecule has 8 N–H and O–H groups in total. The number of carbonyl (C=O) groups excluding carboxylic acids is 3. The van der Waals surface area contributed by atoms with E-state index in [2.05, 4.69) is 25.9 Å². The van der Waals surface area contributed by atoms with Gasteiger partial charge >= 0.3 is 11.9 Å². The van der Waals surface area contributed by atoms with Crippen LogP contribution in [0.3, 0.4) is 0 Å². The molecule has 1 rings (SSSR count). The number of nitrogens with two attached hydrogens (primary N) is 1. The summed E-state index contributed by atoms with van der Waals surface area (Å²) in [6, 6.07) is -4.50. The first kappa shape index (κ1) is 27.6. The summed E-state index contributed by atoms with van der Waals surface area (Å²) < 4.78 is 0. The Labute approximate surface area is 190 Å². The normalized spacial score (nSPS) is 15.4. The third-order valence-corrected chi connectivity index (χ3v) is 5.15. The number of nitrogens with one attached hydrogen (secondary N) is 4. The number of aromatic amines is 1. The van der Waals surface area contributed by atoms with Gasteiger partial charge in [0.15, 0.2) is 0 Å². The standard InChI is InChI=1S/C20H32N6O7/c1-4-10(2)16(20(32)33)26-19(31)14(7-12-8-22-9-23-12)25-17(29)11(3)24-18(30)13(21)5-6-15(27)28/h8-11,13-14,16H,4-7,21H2,1-3H3,(H,22,23)(H,24,30)(H,25,29)(H,26,31)(H,27,28)(H,32,33). The van der Waals surface area contributed by atoms with Gasteiger partial charge in [-0.25, -0.2) is 9.78 Å². The van der Waals surface area contributed by atoms with E-state index in [1.54, 1.807) is 13.8 Å². The summed E-state index contributed by atoms with van der Waals surface area (Å²) in [4.78, 5) is 66.5. The number of hydrogen-bond donors (Lipinski definition) is 7. The van der Waals surface area contributed by atoms with Crippen LogP contribution in [0.4, 0.5) is 0 Å². The molecule has 1 heterocycles. The van der Waals surface area contributed by atoms with Crippen LogP contribution < -0.4 is 21.7 Å². The molecule has 0 saturated carbocycles. The van der Waals surface area contributed by atoms with Crippen LogP contribution in [0.2, 0.25) is 0 Å². The third kappa shape index (κ3) is 9.27. The monoisotopic (exact) mass is 468 g/mol. The topological polar surface area (TPSA) is 217 Å². The lowest BCUT2D eigenvalue weighted by atomic mass is 9.98. The van der Waals surface area contributed by atoms with Gasteiger partial charge in [0.2, 0.25) is 17.7 Å². The second kappa shape index (κ2) is 13.2. The summed E-state index contributed by atoms with van der Waals surface area (Å²) in [7, 11) is 0. The van der Waals surface area contributed by atoms with E-state index in [0.29, 0.717) is 12.1 Å². The molecule has 184 valence electrons. The minimum absolute atomic E-state index is 0.00318. The van der Waals surface area contributed by atoms with E-state index in [0.717, 1.165) is 0 Å². The van der Waals surface area contributed by atoms with E-state index < -0.39 is 53.8 Å². The van der Waals surface area contributed by atoms with Crippen molar-refractivity contribution in [2.75, 3.05) is 0 Å². The zero-order valence-electron chi connectivity index (χ0n) is 18.8. The largest absolute Gasteiger partial charge is 0.481 e. The van der Waals surface area contributed by atoms with Gasteiger partial charge in [0.1, 0.15) is 18.1 Å². The second-order valence-electron chi connectivity index (χ2n) is 7.82. The van der Waals surface area contributed by atoms with E-state index in [-0.39, 0.29) is 25.2 Å². The maximum atomic E-state index is 12.9. The molecule has 0 spiro atoms. The molecule has 13 nitrogen and oxygen atoms in total. The Morgan fingerprint density at radius 3 is 2.24 bits per heavy atom. The van der Waals surface area contributed by atoms with E-state index in [9.17, 15) is 29.1 Å². The molecule has 13 heteroatoms. The van der Waals surface area contributed by atoms with Gasteiger partial charge in [-0.15, -0.1) is 0 Å². The molecule has 33 heavy (non-hydrogen) atoms. The van der Waals surface area contributed by atoms with Crippen LogP contribution >= 0.6 is 0 Å². The van der Waals surface area contributed by atoms with E-state index in [1.807, 2.05) is 0 Å². The van der Waals surface area contributed by atoms with E-state index in [1.165, 1.54) is 19.4 Å². The maximum absolute atomic E-state index is 12.9. The fourth-order valence-corrected chi connectivity index (χ4v) is 2.86. The van der Waals surface area contributed by atoms with Gasteiger partial charge in [0.05, 0.1) is 12.4 Å². The molecule has 0 bridgehead atoms.